The molecule has 2 aromatic carbocycles. The van der Waals surface area contributed by atoms with Crippen molar-refractivity contribution >= 4 is 11.4 Å². The van der Waals surface area contributed by atoms with Crippen LogP contribution < -0.4 is 10.6 Å². The van der Waals surface area contributed by atoms with E-state index in [1.54, 1.807) is 24.3 Å². The molecule has 1 atom stereocenters. The second-order valence-corrected chi connectivity index (χ2v) is 5.99. The van der Waals surface area contributed by atoms with E-state index < -0.39 is 5.17 Å². The molecule has 1 unspecified atom stereocenters. The van der Waals surface area contributed by atoms with Gasteiger partial charge in [0.05, 0.1) is 17.6 Å². The van der Waals surface area contributed by atoms with Crippen molar-refractivity contribution < 1.29 is 5.17 Å². The van der Waals surface area contributed by atoms with Gasteiger partial charge in [0.2, 0.25) is 11.4 Å². The molecule has 0 radical (unpaired) electrons. The molecule has 0 amide bonds. The third-order valence-corrected chi connectivity index (χ3v) is 4.24. The predicted octanol–water partition coefficient (Wildman–Crippen LogP) is 1.84. The van der Waals surface area contributed by atoms with Gasteiger partial charge >= 0.3 is 0 Å². The van der Waals surface area contributed by atoms with Gasteiger partial charge in [-0.2, -0.15) is 20.7 Å². The maximum atomic E-state index is 12.8. The molecule has 140 valence electrons. The Morgan fingerprint density at radius 2 is 1.31 bits per heavy atom. The SMILES string of the molecule is N#Cc1c(N[NH+]([O-])c2cnn(-c3ccccc3)c2C#N)cnn1-c1ccccc1. The van der Waals surface area contributed by atoms with E-state index in [1.165, 1.54) is 21.8 Å². The number of hydrogen-bond acceptors (Lipinski definition) is 6. The van der Waals surface area contributed by atoms with Crippen LogP contribution in [0.15, 0.2) is 73.1 Å². The fraction of sp³-hybridized carbons (Fsp3) is 0. The maximum Gasteiger partial charge on any atom is 0.212 e. The molecule has 29 heavy (non-hydrogen) atoms. The van der Waals surface area contributed by atoms with E-state index >= 15 is 0 Å². The summed E-state index contributed by atoms with van der Waals surface area (Å²) in [5, 5.41) is 39.7. The van der Waals surface area contributed by atoms with Crippen LogP contribution in [0.3, 0.4) is 0 Å². The van der Waals surface area contributed by atoms with E-state index in [4.69, 9.17) is 0 Å². The van der Waals surface area contributed by atoms with Crippen molar-refractivity contribution in [2.24, 2.45) is 0 Å². The quantitative estimate of drug-likeness (QED) is 0.508. The van der Waals surface area contributed by atoms with Gasteiger partial charge < -0.3 is 5.21 Å². The fourth-order valence-electron chi connectivity index (χ4n) is 2.89. The molecule has 4 rings (SSSR count). The van der Waals surface area contributed by atoms with Crippen molar-refractivity contribution in [3.05, 3.63) is 89.7 Å². The van der Waals surface area contributed by atoms with E-state index in [9.17, 15) is 15.7 Å². The minimum absolute atomic E-state index is 0.0997. The number of anilines is 1. The second kappa shape index (κ2) is 7.66. The van der Waals surface area contributed by atoms with Crippen LogP contribution in [0.2, 0.25) is 0 Å². The highest BCUT2D eigenvalue weighted by atomic mass is 16.5. The molecule has 2 aromatic heterocycles. The molecule has 0 aliphatic carbocycles. The van der Waals surface area contributed by atoms with Crippen LogP contribution in [-0.4, -0.2) is 19.6 Å². The van der Waals surface area contributed by atoms with Crippen molar-refractivity contribution in [3.8, 4) is 23.5 Å². The van der Waals surface area contributed by atoms with Crippen LogP contribution in [0.4, 0.5) is 11.4 Å². The Bertz CT molecular complexity index is 1220. The number of hydrogen-bond donors (Lipinski definition) is 2. The third kappa shape index (κ3) is 3.31. The first kappa shape index (κ1) is 17.9. The van der Waals surface area contributed by atoms with Gasteiger partial charge in [0.15, 0.2) is 5.69 Å². The van der Waals surface area contributed by atoms with Gasteiger partial charge in [0.25, 0.3) is 0 Å². The first-order valence-electron chi connectivity index (χ1n) is 8.61. The molecule has 0 spiro atoms. The Morgan fingerprint density at radius 1 is 0.793 bits per heavy atom. The van der Waals surface area contributed by atoms with Crippen LogP contribution in [0, 0.1) is 27.9 Å². The van der Waals surface area contributed by atoms with Crippen LogP contribution in [0.5, 0.6) is 0 Å². The summed E-state index contributed by atoms with van der Waals surface area (Å²) in [5.74, 6) is 0. The molecular weight excluding hydrogens is 368 g/mol. The third-order valence-electron chi connectivity index (χ3n) is 4.24. The lowest BCUT2D eigenvalue weighted by Crippen LogP contribution is -3.05. The molecular formula is C20H14N8O. The molecule has 0 saturated heterocycles. The zero-order chi connectivity index (χ0) is 20.2. The summed E-state index contributed by atoms with van der Waals surface area (Å²) in [6.45, 7) is 0. The number of nitriles is 2. The molecule has 0 aliphatic heterocycles. The second-order valence-electron chi connectivity index (χ2n) is 5.99. The van der Waals surface area contributed by atoms with Crippen molar-refractivity contribution in [2.45, 2.75) is 0 Å². The normalized spacial score (nSPS) is 11.4. The molecule has 4 aromatic rings. The van der Waals surface area contributed by atoms with E-state index in [1.807, 2.05) is 42.5 Å². The predicted molar refractivity (Wildman–Crippen MR) is 104 cm³/mol. The molecule has 2 heterocycles. The summed E-state index contributed by atoms with van der Waals surface area (Å²) < 4.78 is 2.84. The molecule has 0 fully saturated rings. The molecule has 9 nitrogen and oxygen atoms in total. The highest BCUT2D eigenvalue weighted by Crippen LogP contribution is 2.19. The summed E-state index contributed by atoms with van der Waals surface area (Å²) in [7, 11) is 0. The fourth-order valence-corrected chi connectivity index (χ4v) is 2.89. The molecule has 0 saturated carbocycles. The summed E-state index contributed by atoms with van der Waals surface area (Å²) in [4.78, 5) is 0. The van der Waals surface area contributed by atoms with Crippen molar-refractivity contribution in [1.82, 2.24) is 19.6 Å². The molecule has 0 bridgehead atoms. The van der Waals surface area contributed by atoms with Gasteiger partial charge in [-0.25, -0.2) is 20.0 Å². The topological polar surface area (TPSA) is 123 Å². The monoisotopic (exact) mass is 382 g/mol. The minimum atomic E-state index is -0.548. The first-order valence-corrected chi connectivity index (χ1v) is 8.61. The molecule has 0 aliphatic rings. The van der Waals surface area contributed by atoms with E-state index in [0.29, 0.717) is 11.4 Å². The van der Waals surface area contributed by atoms with E-state index in [2.05, 4.69) is 21.7 Å². The first-order chi connectivity index (χ1) is 14.2. The van der Waals surface area contributed by atoms with Crippen molar-refractivity contribution in [2.75, 3.05) is 5.43 Å². The summed E-state index contributed by atoms with van der Waals surface area (Å²) in [5.41, 5.74) is 4.65. The van der Waals surface area contributed by atoms with Gasteiger partial charge in [-0.15, -0.1) is 0 Å². The average molecular weight is 382 g/mol. The number of rotatable bonds is 5. The summed E-state index contributed by atoms with van der Waals surface area (Å²) in [6, 6.07) is 22.2. The van der Waals surface area contributed by atoms with Gasteiger partial charge in [0.1, 0.15) is 24.0 Å². The highest BCUT2D eigenvalue weighted by Gasteiger charge is 2.21. The number of para-hydroxylation sites is 2. The Hall–Kier alpha value is -4.44. The Morgan fingerprint density at radius 3 is 1.86 bits per heavy atom. The van der Waals surface area contributed by atoms with Crippen molar-refractivity contribution in [3.63, 3.8) is 0 Å². The lowest BCUT2D eigenvalue weighted by atomic mass is 10.3. The van der Waals surface area contributed by atoms with Gasteiger partial charge in [-0.05, 0) is 24.3 Å². The number of benzene rings is 2. The maximum absolute atomic E-state index is 12.8. The number of quaternary nitrogens is 1. The number of nitrogens with zero attached hydrogens (tertiary/aromatic N) is 6. The van der Waals surface area contributed by atoms with Gasteiger partial charge in [-0.1, -0.05) is 36.4 Å². The number of nitrogens with one attached hydrogen (secondary N) is 2. The standard InChI is InChI=1S/C20H14N8O/c21-11-18-17(13-23-26(18)15-7-3-1-4-8-15)25-28(29)20-14-24-27(19(20)12-22)16-9-5-2-6-10-16/h1-10,13-14,25,28H. The Labute approximate surface area is 165 Å². The van der Waals surface area contributed by atoms with Crippen LogP contribution in [0.25, 0.3) is 11.4 Å². The Balaban J connectivity index is 1.66. The van der Waals surface area contributed by atoms with E-state index in [-0.39, 0.29) is 22.8 Å². The highest BCUT2D eigenvalue weighted by molar-refractivity contribution is 5.55. The lowest BCUT2D eigenvalue weighted by Gasteiger charge is -2.20. The molecule has 9 heteroatoms. The van der Waals surface area contributed by atoms with Crippen molar-refractivity contribution in [1.29, 1.82) is 10.5 Å². The van der Waals surface area contributed by atoms with Gasteiger partial charge in [0, 0.05) is 0 Å². The smallest absolute Gasteiger partial charge is 0.212 e. The largest absolute Gasteiger partial charge is 0.603 e. The van der Waals surface area contributed by atoms with E-state index in [0.717, 1.165) is 0 Å². The van der Waals surface area contributed by atoms with Crippen LogP contribution >= 0.6 is 0 Å². The van der Waals surface area contributed by atoms with Crippen LogP contribution in [0.1, 0.15) is 11.4 Å². The van der Waals surface area contributed by atoms with Crippen LogP contribution in [-0.2, 0) is 0 Å². The average Bonchev–Trinajstić information content (AvgIpc) is 3.38. The minimum Gasteiger partial charge on any atom is -0.603 e. The number of aromatic nitrogens is 4. The lowest BCUT2D eigenvalue weighted by molar-refractivity contribution is -0.750. The summed E-state index contributed by atoms with van der Waals surface area (Å²) in [6.07, 6.45) is 2.73. The molecule has 2 N–H and O–H groups in total. The zero-order valence-electron chi connectivity index (χ0n) is 15.0. The van der Waals surface area contributed by atoms with Gasteiger partial charge in [-0.3, -0.25) is 0 Å². The Kier molecular flexibility index (Phi) is 4.74. The summed E-state index contributed by atoms with van der Waals surface area (Å²) >= 11 is 0. The zero-order valence-corrected chi connectivity index (χ0v) is 15.0.